The molecule has 62 valence electrons. The summed E-state index contributed by atoms with van der Waals surface area (Å²) in [5, 5.41) is 6.93. The maximum Gasteiger partial charge on any atom is 0.128 e. The van der Waals surface area contributed by atoms with Crippen molar-refractivity contribution in [1.29, 1.82) is 0 Å². The van der Waals surface area contributed by atoms with Crippen LogP contribution in [0.2, 0.25) is 0 Å². The van der Waals surface area contributed by atoms with Crippen LogP contribution in [0.1, 0.15) is 26.3 Å². The standard InChI is InChI=1S/C8H14N2O/c1-8(2,3)9-4-7-5-10-11-6-7/h5-6,9H,4H2,1-3H3. The van der Waals surface area contributed by atoms with Gasteiger partial charge in [-0.3, -0.25) is 0 Å². The molecule has 0 amide bonds. The molecule has 0 aliphatic rings. The van der Waals surface area contributed by atoms with E-state index in [-0.39, 0.29) is 5.54 Å². The van der Waals surface area contributed by atoms with E-state index in [1.807, 2.05) is 0 Å². The largest absolute Gasteiger partial charge is 0.364 e. The molecule has 0 radical (unpaired) electrons. The first-order chi connectivity index (χ1) is 5.08. The highest BCUT2D eigenvalue weighted by molar-refractivity contribution is 5.00. The van der Waals surface area contributed by atoms with Gasteiger partial charge in [-0.2, -0.15) is 0 Å². The van der Waals surface area contributed by atoms with E-state index in [0.29, 0.717) is 0 Å². The highest BCUT2D eigenvalue weighted by Gasteiger charge is 2.08. The second kappa shape index (κ2) is 3.05. The molecule has 0 spiro atoms. The zero-order chi connectivity index (χ0) is 8.32. The molecule has 0 atom stereocenters. The molecule has 0 aliphatic carbocycles. The van der Waals surface area contributed by atoms with E-state index in [2.05, 4.69) is 35.8 Å². The molecule has 3 nitrogen and oxygen atoms in total. The summed E-state index contributed by atoms with van der Waals surface area (Å²) in [6.07, 6.45) is 3.37. The molecule has 1 rings (SSSR count). The Morgan fingerprint density at radius 3 is 2.73 bits per heavy atom. The summed E-state index contributed by atoms with van der Waals surface area (Å²) in [5.74, 6) is 0. The Kier molecular flexibility index (Phi) is 2.29. The third kappa shape index (κ3) is 3.18. The molecule has 0 unspecified atom stereocenters. The zero-order valence-electron chi connectivity index (χ0n) is 7.22. The molecule has 1 aromatic heterocycles. The van der Waals surface area contributed by atoms with Crippen molar-refractivity contribution < 1.29 is 4.52 Å². The highest BCUT2D eigenvalue weighted by atomic mass is 16.5. The van der Waals surface area contributed by atoms with Gasteiger partial charge in [0.2, 0.25) is 0 Å². The smallest absolute Gasteiger partial charge is 0.128 e. The van der Waals surface area contributed by atoms with Gasteiger partial charge in [0.05, 0.1) is 6.20 Å². The number of hydrogen-bond donors (Lipinski definition) is 1. The molecular weight excluding hydrogens is 140 g/mol. The minimum Gasteiger partial charge on any atom is -0.364 e. The number of aromatic nitrogens is 1. The van der Waals surface area contributed by atoms with E-state index in [1.54, 1.807) is 12.5 Å². The van der Waals surface area contributed by atoms with Crippen LogP contribution in [0, 0.1) is 0 Å². The van der Waals surface area contributed by atoms with E-state index in [4.69, 9.17) is 0 Å². The third-order valence-corrected chi connectivity index (χ3v) is 1.31. The first-order valence-electron chi connectivity index (χ1n) is 3.71. The Morgan fingerprint density at radius 2 is 2.27 bits per heavy atom. The molecule has 3 heteroatoms. The van der Waals surface area contributed by atoms with Crippen LogP contribution in [0.3, 0.4) is 0 Å². The Bertz CT molecular complexity index is 198. The van der Waals surface area contributed by atoms with Gasteiger partial charge in [0.25, 0.3) is 0 Å². The summed E-state index contributed by atoms with van der Waals surface area (Å²) in [4.78, 5) is 0. The molecule has 1 aromatic rings. The van der Waals surface area contributed by atoms with Crippen molar-refractivity contribution in [3.63, 3.8) is 0 Å². The SMILES string of the molecule is CC(C)(C)NCc1cnoc1. The van der Waals surface area contributed by atoms with Crippen molar-refractivity contribution in [3.8, 4) is 0 Å². The van der Waals surface area contributed by atoms with Gasteiger partial charge in [-0.25, -0.2) is 0 Å². The average Bonchev–Trinajstić information content (AvgIpc) is 2.32. The van der Waals surface area contributed by atoms with Crippen LogP contribution in [0.15, 0.2) is 17.0 Å². The summed E-state index contributed by atoms with van der Waals surface area (Å²) in [5.41, 5.74) is 1.23. The minimum absolute atomic E-state index is 0.150. The maximum absolute atomic E-state index is 4.69. The fourth-order valence-electron chi connectivity index (χ4n) is 0.681. The fraction of sp³-hybridized carbons (Fsp3) is 0.625. The van der Waals surface area contributed by atoms with Crippen molar-refractivity contribution in [2.24, 2.45) is 0 Å². The summed E-state index contributed by atoms with van der Waals surface area (Å²) < 4.78 is 4.69. The topological polar surface area (TPSA) is 38.1 Å². The molecule has 0 bridgehead atoms. The molecule has 1 heterocycles. The lowest BCUT2D eigenvalue weighted by Crippen LogP contribution is -2.34. The van der Waals surface area contributed by atoms with Crippen molar-refractivity contribution >= 4 is 0 Å². The highest BCUT2D eigenvalue weighted by Crippen LogP contribution is 2.02. The lowest BCUT2D eigenvalue weighted by atomic mass is 10.1. The summed E-state index contributed by atoms with van der Waals surface area (Å²) in [7, 11) is 0. The lowest BCUT2D eigenvalue weighted by Gasteiger charge is -2.19. The van der Waals surface area contributed by atoms with Crippen LogP contribution in [-0.2, 0) is 6.54 Å². The lowest BCUT2D eigenvalue weighted by molar-refractivity contribution is 0.410. The van der Waals surface area contributed by atoms with E-state index in [1.165, 1.54) is 0 Å². The first-order valence-corrected chi connectivity index (χ1v) is 3.71. The second-order valence-electron chi connectivity index (χ2n) is 3.64. The van der Waals surface area contributed by atoms with Crippen LogP contribution in [0.5, 0.6) is 0 Å². The van der Waals surface area contributed by atoms with Crippen LogP contribution in [0.4, 0.5) is 0 Å². The number of hydrogen-bond acceptors (Lipinski definition) is 3. The van der Waals surface area contributed by atoms with Gasteiger partial charge in [-0.1, -0.05) is 5.16 Å². The normalized spacial score (nSPS) is 11.9. The molecule has 0 saturated carbocycles. The van der Waals surface area contributed by atoms with E-state index < -0.39 is 0 Å². The Balaban J connectivity index is 2.35. The zero-order valence-corrected chi connectivity index (χ0v) is 7.22. The summed E-state index contributed by atoms with van der Waals surface area (Å²) in [6, 6.07) is 0. The quantitative estimate of drug-likeness (QED) is 0.702. The summed E-state index contributed by atoms with van der Waals surface area (Å²) >= 11 is 0. The third-order valence-electron chi connectivity index (χ3n) is 1.31. The Morgan fingerprint density at radius 1 is 1.55 bits per heavy atom. The molecule has 0 aromatic carbocycles. The number of nitrogens with zero attached hydrogens (tertiary/aromatic N) is 1. The van der Waals surface area contributed by atoms with Crippen molar-refractivity contribution in [3.05, 3.63) is 18.0 Å². The first kappa shape index (κ1) is 8.27. The van der Waals surface area contributed by atoms with E-state index in [9.17, 15) is 0 Å². The van der Waals surface area contributed by atoms with Crippen molar-refractivity contribution in [2.45, 2.75) is 32.9 Å². The Hall–Kier alpha value is -0.830. The fourth-order valence-corrected chi connectivity index (χ4v) is 0.681. The molecular formula is C8H14N2O. The van der Waals surface area contributed by atoms with Crippen LogP contribution >= 0.6 is 0 Å². The van der Waals surface area contributed by atoms with Crippen molar-refractivity contribution in [1.82, 2.24) is 10.5 Å². The van der Waals surface area contributed by atoms with Gasteiger partial charge in [-0.15, -0.1) is 0 Å². The predicted octanol–water partition coefficient (Wildman–Crippen LogP) is 1.56. The van der Waals surface area contributed by atoms with Crippen LogP contribution in [-0.4, -0.2) is 10.7 Å². The number of nitrogens with one attached hydrogen (secondary N) is 1. The minimum atomic E-state index is 0.150. The molecule has 0 saturated heterocycles. The molecule has 0 aliphatic heterocycles. The van der Waals surface area contributed by atoms with Gasteiger partial charge in [-0.05, 0) is 20.8 Å². The molecule has 1 N–H and O–H groups in total. The van der Waals surface area contributed by atoms with Gasteiger partial charge in [0, 0.05) is 17.6 Å². The van der Waals surface area contributed by atoms with E-state index in [0.717, 1.165) is 12.1 Å². The van der Waals surface area contributed by atoms with Gasteiger partial charge in [0.15, 0.2) is 0 Å². The summed E-state index contributed by atoms with van der Waals surface area (Å²) in [6.45, 7) is 7.19. The van der Waals surface area contributed by atoms with Gasteiger partial charge in [0.1, 0.15) is 6.26 Å². The monoisotopic (exact) mass is 154 g/mol. The second-order valence-corrected chi connectivity index (χ2v) is 3.64. The Labute approximate surface area is 66.8 Å². The van der Waals surface area contributed by atoms with E-state index >= 15 is 0 Å². The predicted molar refractivity (Wildman–Crippen MR) is 43.1 cm³/mol. The average molecular weight is 154 g/mol. The molecule has 0 fully saturated rings. The number of rotatable bonds is 2. The van der Waals surface area contributed by atoms with Crippen LogP contribution in [0.25, 0.3) is 0 Å². The van der Waals surface area contributed by atoms with Crippen molar-refractivity contribution in [2.75, 3.05) is 0 Å². The molecule has 11 heavy (non-hydrogen) atoms. The maximum atomic E-state index is 4.69. The van der Waals surface area contributed by atoms with Gasteiger partial charge < -0.3 is 9.84 Å². The van der Waals surface area contributed by atoms with Gasteiger partial charge >= 0.3 is 0 Å². The van der Waals surface area contributed by atoms with Crippen LogP contribution < -0.4 is 5.32 Å².